The zero-order valence-corrected chi connectivity index (χ0v) is 28.4. The zero-order chi connectivity index (χ0) is 32.2. The number of ketones is 3. The number of thiazole rings is 1. The highest BCUT2D eigenvalue weighted by Gasteiger charge is 2.46. The molecular weight excluding hydrogens is 598 g/mol. The molecule has 0 aromatic carbocycles. The van der Waals surface area contributed by atoms with Crippen molar-refractivity contribution in [3.63, 3.8) is 0 Å². The molecule has 1 saturated heterocycles. The van der Waals surface area contributed by atoms with Gasteiger partial charge in [-0.05, 0) is 29.2 Å². The average molecular weight is 644 g/mol. The molecule has 2 aromatic heterocycles. The third-order valence-electron chi connectivity index (χ3n) is 8.71. The summed E-state index contributed by atoms with van der Waals surface area (Å²) in [5.41, 5.74) is -0.707. The predicted octanol–water partition coefficient (Wildman–Crippen LogP) is 7.25. The second-order valence-electron chi connectivity index (χ2n) is 14.8. The van der Waals surface area contributed by atoms with Gasteiger partial charge in [0, 0.05) is 61.4 Å². The van der Waals surface area contributed by atoms with Crippen molar-refractivity contribution in [3.05, 3.63) is 39.9 Å². The third kappa shape index (κ3) is 9.19. The molecule has 44 heavy (non-hydrogen) atoms. The van der Waals surface area contributed by atoms with Gasteiger partial charge in [-0.25, -0.2) is 9.97 Å². The molecule has 0 bridgehead atoms. The maximum absolute atomic E-state index is 14.3. The van der Waals surface area contributed by atoms with E-state index in [9.17, 15) is 19.2 Å². The number of rotatable bonds is 13. The Morgan fingerprint density at radius 3 is 2.34 bits per heavy atom. The number of ether oxygens (including phenoxy) is 1. The molecule has 0 radical (unpaired) electrons. The molecule has 1 aliphatic heterocycles. The Morgan fingerprint density at radius 2 is 1.80 bits per heavy atom. The van der Waals surface area contributed by atoms with Gasteiger partial charge in [-0.15, -0.1) is 11.3 Å². The second kappa shape index (κ2) is 14.2. The Bertz CT molecular complexity index is 1310. The van der Waals surface area contributed by atoms with E-state index >= 15 is 0 Å². The quantitative estimate of drug-likeness (QED) is 0.212. The van der Waals surface area contributed by atoms with Crippen LogP contribution in [0.1, 0.15) is 103 Å². The van der Waals surface area contributed by atoms with Crippen molar-refractivity contribution in [1.82, 2.24) is 14.9 Å². The van der Waals surface area contributed by atoms with Crippen molar-refractivity contribution in [2.24, 2.45) is 28.6 Å². The summed E-state index contributed by atoms with van der Waals surface area (Å²) in [5.74, 6) is -0.774. The Labute approximate surface area is 270 Å². The third-order valence-corrected chi connectivity index (χ3v) is 9.72. The summed E-state index contributed by atoms with van der Waals surface area (Å²) in [4.78, 5) is 65.2. The van der Waals surface area contributed by atoms with Gasteiger partial charge in [-0.2, -0.15) is 0 Å². The number of hydrogen-bond donors (Lipinski definition) is 0. The maximum Gasteiger partial charge on any atom is 0.227 e. The number of aromatic nitrogens is 2. The fraction of sp³-hybridized carbons (Fsp3) is 0.647. The van der Waals surface area contributed by atoms with Crippen molar-refractivity contribution in [1.29, 1.82) is 0 Å². The summed E-state index contributed by atoms with van der Waals surface area (Å²) < 4.78 is 6.15. The minimum absolute atomic E-state index is 0.0284. The summed E-state index contributed by atoms with van der Waals surface area (Å²) in [6, 6.07) is 2.57. The van der Waals surface area contributed by atoms with Gasteiger partial charge in [0.1, 0.15) is 11.9 Å². The van der Waals surface area contributed by atoms with Gasteiger partial charge in [0.15, 0.2) is 16.6 Å². The van der Waals surface area contributed by atoms with Crippen LogP contribution in [0.4, 0.5) is 0 Å². The van der Waals surface area contributed by atoms with E-state index in [2.05, 4.69) is 9.97 Å². The highest BCUT2D eigenvalue weighted by molar-refractivity contribution is 7.11. The van der Waals surface area contributed by atoms with E-state index in [1.165, 1.54) is 17.5 Å². The monoisotopic (exact) mass is 643 g/mol. The standard InChI is InChI=1S/C34H46ClN3O5S/c1-33(2,3)18-24(39)16-26(34(4,5)6)32(42)38-20-25(43-29-11-10-23(35)19-37-29)17-27(38)28(40)15-22(14-21-8-7-9-21)30(41)31-36-12-13-44-31/h10-13,19,21-22,25-27H,7-9,14-18,20H2,1-6H3/t22?,25-,26-,27+/m1/s1. The molecule has 2 fully saturated rings. The molecule has 240 valence electrons. The van der Waals surface area contributed by atoms with Crippen LogP contribution < -0.4 is 4.74 Å². The van der Waals surface area contributed by atoms with E-state index in [0.29, 0.717) is 34.7 Å². The summed E-state index contributed by atoms with van der Waals surface area (Å²) in [6.45, 7) is 12.1. The fourth-order valence-corrected chi connectivity index (χ4v) is 6.97. The van der Waals surface area contributed by atoms with Crippen LogP contribution in [-0.4, -0.2) is 56.8 Å². The van der Waals surface area contributed by atoms with Crippen LogP contribution >= 0.6 is 22.9 Å². The van der Waals surface area contributed by atoms with E-state index in [4.69, 9.17) is 16.3 Å². The highest BCUT2D eigenvalue weighted by atomic mass is 35.5. The molecule has 1 unspecified atom stereocenters. The highest BCUT2D eigenvalue weighted by Crippen LogP contribution is 2.38. The zero-order valence-electron chi connectivity index (χ0n) is 26.8. The lowest BCUT2D eigenvalue weighted by Crippen LogP contribution is -2.48. The molecule has 2 aromatic rings. The molecule has 4 rings (SSSR count). The number of carbonyl (C=O) groups excluding carboxylic acids is 4. The number of amides is 1. The number of Topliss-reactive ketones (excluding diaryl/α,β-unsaturated/α-hetero) is 3. The number of nitrogens with zero attached hydrogens (tertiary/aromatic N) is 3. The lowest BCUT2D eigenvalue weighted by Gasteiger charge is -2.35. The first-order chi connectivity index (χ1) is 20.6. The summed E-state index contributed by atoms with van der Waals surface area (Å²) in [7, 11) is 0. The summed E-state index contributed by atoms with van der Waals surface area (Å²) in [6.07, 6.45) is 7.31. The van der Waals surface area contributed by atoms with Crippen LogP contribution in [0.2, 0.25) is 5.02 Å². The van der Waals surface area contributed by atoms with Gasteiger partial charge >= 0.3 is 0 Å². The SMILES string of the molecule is CC(C)(C)CC(=O)C[C@H](C(=O)N1C[C@H](Oc2ccc(Cl)cn2)C[C@H]1C(=O)CC(CC1CCC1)C(=O)c1nccs1)C(C)(C)C. The summed E-state index contributed by atoms with van der Waals surface area (Å²) >= 11 is 7.29. The molecule has 10 heteroatoms. The fourth-order valence-electron chi connectivity index (χ4n) is 6.20. The number of halogens is 1. The van der Waals surface area contributed by atoms with Crippen molar-refractivity contribution >= 4 is 46.2 Å². The van der Waals surface area contributed by atoms with E-state index in [1.54, 1.807) is 28.6 Å². The minimum Gasteiger partial charge on any atom is -0.472 e. The first-order valence-electron chi connectivity index (χ1n) is 15.7. The molecule has 4 atom stereocenters. The van der Waals surface area contributed by atoms with Crippen molar-refractivity contribution in [2.45, 2.75) is 105 Å². The normalized spacial score (nSPS) is 20.6. The van der Waals surface area contributed by atoms with Gasteiger partial charge < -0.3 is 9.64 Å². The molecule has 3 heterocycles. The molecule has 0 N–H and O–H groups in total. The lowest BCUT2D eigenvalue weighted by atomic mass is 9.75. The lowest BCUT2D eigenvalue weighted by molar-refractivity contribution is -0.146. The number of pyridine rings is 1. The molecular formula is C34H46ClN3O5S. The minimum atomic E-state index is -0.768. The van der Waals surface area contributed by atoms with Crippen LogP contribution in [0.3, 0.4) is 0 Å². The molecule has 1 amide bonds. The Kier molecular flexibility index (Phi) is 11.0. The smallest absolute Gasteiger partial charge is 0.227 e. The Morgan fingerprint density at radius 1 is 1.07 bits per heavy atom. The molecule has 2 aliphatic rings. The Balaban J connectivity index is 1.59. The Hall–Kier alpha value is -2.65. The van der Waals surface area contributed by atoms with Crippen LogP contribution in [-0.2, 0) is 14.4 Å². The van der Waals surface area contributed by atoms with Gasteiger partial charge in [0.25, 0.3) is 0 Å². The van der Waals surface area contributed by atoms with E-state index in [1.807, 2.05) is 41.5 Å². The van der Waals surface area contributed by atoms with Gasteiger partial charge in [-0.1, -0.05) is 72.4 Å². The van der Waals surface area contributed by atoms with Crippen molar-refractivity contribution in [2.75, 3.05) is 6.54 Å². The van der Waals surface area contributed by atoms with E-state index < -0.39 is 29.4 Å². The number of carbonyl (C=O) groups is 4. The second-order valence-corrected chi connectivity index (χ2v) is 16.1. The molecule has 0 spiro atoms. The predicted molar refractivity (Wildman–Crippen MR) is 172 cm³/mol. The number of hydrogen-bond acceptors (Lipinski definition) is 8. The first kappa shape index (κ1) is 34.2. The van der Waals surface area contributed by atoms with Gasteiger partial charge in [0.05, 0.1) is 17.6 Å². The number of likely N-dealkylation sites (tertiary alicyclic amines) is 1. The van der Waals surface area contributed by atoms with Gasteiger partial charge in [0.2, 0.25) is 11.8 Å². The van der Waals surface area contributed by atoms with Crippen molar-refractivity contribution in [3.8, 4) is 5.88 Å². The van der Waals surface area contributed by atoms with E-state index in [-0.39, 0.29) is 54.5 Å². The van der Waals surface area contributed by atoms with Crippen molar-refractivity contribution < 1.29 is 23.9 Å². The summed E-state index contributed by atoms with van der Waals surface area (Å²) in [5, 5.41) is 2.67. The molecule has 1 saturated carbocycles. The average Bonchev–Trinajstić information content (AvgIpc) is 3.58. The van der Waals surface area contributed by atoms with E-state index in [0.717, 1.165) is 19.3 Å². The van der Waals surface area contributed by atoms with Crippen LogP contribution in [0.5, 0.6) is 5.88 Å². The van der Waals surface area contributed by atoms with Crippen LogP contribution in [0.15, 0.2) is 29.9 Å². The van der Waals surface area contributed by atoms with Crippen LogP contribution in [0.25, 0.3) is 0 Å². The largest absolute Gasteiger partial charge is 0.472 e. The molecule has 1 aliphatic carbocycles. The molecule has 8 nitrogen and oxygen atoms in total. The van der Waals surface area contributed by atoms with Gasteiger partial charge in [-0.3, -0.25) is 19.2 Å². The maximum atomic E-state index is 14.3. The first-order valence-corrected chi connectivity index (χ1v) is 16.9. The van der Waals surface area contributed by atoms with Crippen LogP contribution in [0, 0.1) is 28.6 Å². The topological polar surface area (TPSA) is 107 Å².